The Morgan fingerprint density at radius 3 is 1.35 bits per heavy atom. The molecule has 9 nitrogen and oxygen atoms in total. The molecular weight excluding hydrogens is 339 g/mol. The number of carboxylic acids is 3. The van der Waals surface area contributed by atoms with Crippen LogP contribution in [0.4, 0.5) is 0 Å². The molecule has 0 spiro atoms. The Morgan fingerprint density at radius 1 is 0.900 bits per heavy atom. The van der Waals surface area contributed by atoms with Crippen molar-refractivity contribution in [1.29, 1.82) is 0 Å². The van der Waals surface area contributed by atoms with Crippen molar-refractivity contribution >= 4 is 26.2 Å². The van der Waals surface area contributed by atoms with Crippen LogP contribution in [0.1, 0.15) is 12.8 Å². The van der Waals surface area contributed by atoms with Gasteiger partial charge in [-0.2, -0.15) is 0 Å². The second kappa shape index (κ2) is 16.3. The molecule has 1 atom stereocenters. The molecule has 0 saturated carbocycles. The van der Waals surface area contributed by atoms with Crippen LogP contribution < -0.4 is 138 Å². The van der Waals surface area contributed by atoms with Crippen molar-refractivity contribution in [2.24, 2.45) is 0 Å². The first kappa shape index (κ1) is 33.9. The van der Waals surface area contributed by atoms with Gasteiger partial charge in [0.1, 0.15) is 0 Å². The predicted molar refractivity (Wildman–Crippen MR) is 35.7 cm³/mol. The Balaban J connectivity index is -0.000000187. The molecule has 0 aliphatic heterocycles. The van der Waals surface area contributed by atoms with Crippen molar-refractivity contribution in [3.05, 3.63) is 0 Å². The molecule has 20 heavy (non-hydrogen) atoms. The zero-order chi connectivity index (χ0) is 12.9. The molecule has 0 rings (SSSR count). The summed E-state index contributed by atoms with van der Waals surface area (Å²) in [6.45, 7) is 0. The van der Waals surface area contributed by atoms with E-state index in [0.717, 1.165) is 0 Å². The monoisotopic (exact) mass is 343 g/mol. The molecule has 0 saturated heterocycles. The zero-order valence-electron chi connectivity index (χ0n) is 11.5. The number of hydrogen-bond acceptors (Lipinski definition) is 9. The summed E-state index contributed by atoms with van der Waals surface area (Å²) in [6, 6.07) is 0. The fourth-order valence-electron chi connectivity index (χ4n) is 0.918. The van der Waals surface area contributed by atoms with Crippen molar-refractivity contribution in [1.82, 2.24) is 0 Å². The van der Waals surface area contributed by atoms with E-state index in [1.807, 2.05) is 0 Å². The van der Waals surface area contributed by atoms with Gasteiger partial charge in [0.15, 0.2) is 5.60 Å². The van der Waals surface area contributed by atoms with Gasteiger partial charge in [-0.25, -0.2) is 0 Å². The molecule has 0 aliphatic rings. The second-order valence-corrected chi connectivity index (χ2v) is 3.32. The maximum Gasteiger partial charge on any atom is 1.00 e. The van der Waals surface area contributed by atoms with Gasteiger partial charge in [0, 0.05) is 24.8 Å². The molecule has 0 radical (unpaired) electrons. The van der Waals surface area contributed by atoms with Gasteiger partial charge < -0.3 is 34.6 Å². The van der Waals surface area contributed by atoms with Crippen LogP contribution in [0.5, 0.6) is 0 Å². The Labute approximate surface area is 203 Å². The van der Waals surface area contributed by atoms with E-state index in [4.69, 9.17) is 0 Å². The van der Waals surface area contributed by atoms with Crippen LogP contribution in [-0.4, -0.2) is 23.5 Å². The van der Waals surface area contributed by atoms with Crippen LogP contribution in [0.25, 0.3) is 0 Å². The summed E-state index contributed by atoms with van der Waals surface area (Å²) in [5.41, 5.74) is -3.05. The Morgan fingerprint density at radius 2 is 1.20 bits per heavy atom. The SMILES string of the molecule is O=C([O-])CC(CC(=O)[O-])(O[P+](=O)[O-])C(=O)[O-].[Na+].[Na+].[Na+].[Na+]. The Bertz CT molecular complexity index is 309. The number of rotatable bonds is 7. The van der Waals surface area contributed by atoms with Crippen molar-refractivity contribution in [2.45, 2.75) is 18.4 Å². The first-order valence-electron chi connectivity index (χ1n) is 3.64. The minimum atomic E-state index is -3.79. The predicted octanol–water partition coefficient (Wildman–Crippen LogP) is -17.2. The third-order valence-electron chi connectivity index (χ3n) is 1.48. The fourth-order valence-corrected chi connectivity index (χ4v) is 1.41. The van der Waals surface area contributed by atoms with Gasteiger partial charge in [0.25, 0.3) is 0 Å². The van der Waals surface area contributed by atoms with E-state index < -0.39 is 44.6 Å². The second-order valence-electron chi connectivity index (χ2n) is 2.69. The molecule has 0 amide bonds. The van der Waals surface area contributed by atoms with Gasteiger partial charge in [-0.15, -0.1) is 4.52 Å². The minimum absolute atomic E-state index is 0. The average molecular weight is 343 g/mol. The molecular formula is C6H4Na4O9P+. The van der Waals surface area contributed by atoms with Crippen LogP contribution in [0.15, 0.2) is 0 Å². The first-order chi connectivity index (χ1) is 7.19. The van der Waals surface area contributed by atoms with Crippen LogP contribution in [-0.2, 0) is 23.5 Å². The van der Waals surface area contributed by atoms with Gasteiger partial charge in [-0.05, 0) is 4.57 Å². The number of carboxylic acid groups (broad SMARTS) is 3. The van der Waals surface area contributed by atoms with Crippen LogP contribution in [0.3, 0.4) is 0 Å². The summed E-state index contributed by atoms with van der Waals surface area (Å²) < 4.78 is 14.0. The maximum absolute atomic E-state index is 10.5. The summed E-state index contributed by atoms with van der Waals surface area (Å²) >= 11 is 0. The number of hydrogen-bond donors (Lipinski definition) is 0. The van der Waals surface area contributed by atoms with Gasteiger partial charge in [-0.3, -0.25) is 0 Å². The van der Waals surface area contributed by atoms with E-state index in [-0.39, 0.29) is 118 Å². The van der Waals surface area contributed by atoms with Gasteiger partial charge in [0.2, 0.25) is 0 Å². The third-order valence-corrected chi connectivity index (χ3v) is 1.98. The van der Waals surface area contributed by atoms with Crippen molar-refractivity contribution < 1.29 is 162 Å². The Hall–Kier alpha value is 2.43. The summed E-state index contributed by atoms with van der Waals surface area (Å²) in [5, 5.41) is 30.9. The number of aliphatic carboxylic acids is 3. The summed E-state index contributed by atoms with van der Waals surface area (Å²) in [5.74, 6) is -6.33. The summed E-state index contributed by atoms with van der Waals surface area (Å²) in [4.78, 5) is 41.1. The van der Waals surface area contributed by atoms with E-state index in [1.165, 1.54) is 0 Å². The molecule has 0 bridgehead atoms. The summed E-state index contributed by atoms with van der Waals surface area (Å²) in [7, 11) is -3.79. The van der Waals surface area contributed by atoms with Gasteiger partial charge in [0.05, 0.1) is 5.97 Å². The quantitative estimate of drug-likeness (QED) is 0.321. The minimum Gasteiger partial charge on any atom is -0.566 e. The number of carbonyl (C=O) groups is 3. The smallest absolute Gasteiger partial charge is 0.566 e. The molecule has 0 aromatic rings. The topological polar surface area (TPSA) is 170 Å². The fraction of sp³-hybridized carbons (Fsp3) is 0.500. The van der Waals surface area contributed by atoms with E-state index in [9.17, 15) is 39.2 Å². The molecule has 14 heteroatoms. The van der Waals surface area contributed by atoms with Crippen molar-refractivity contribution in [2.75, 3.05) is 0 Å². The molecule has 0 fully saturated rings. The molecule has 90 valence electrons. The van der Waals surface area contributed by atoms with Gasteiger partial charge >= 0.3 is 126 Å². The van der Waals surface area contributed by atoms with Crippen LogP contribution >= 0.6 is 8.25 Å². The molecule has 1 unspecified atom stereocenters. The van der Waals surface area contributed by atoms with E-state index in [0.29, 0.717) is 0 Å². The van der Waals surface area contributed by atoms with Gasteiger partial charge in [-0.1, -0.05) is 0 Å². The van der Waals surface area contributed by atoms with Crippen LogP contribution in [0.2, 0.25) is 0 Å². The molecule has 0 N–H and O–H groups in total. The molecule has 0 aliphatic carbocycles. The van der Waals surface area contributed by atoms with Crippen LogP contribution in [0, 0.1) is 0 Å². The standard InChI is InChI=1S/C6H7O9P.4Na/c7-3(8)1-6(5(11)12,2-4(9)10)15-16(13)14;;;;/h1-2H2,(H,7,8)(H,9,10)(H,11,12);;;;/q;4*+1/p-3. The third kappa shape index (κ3) is 14.0. The van der Waals surface area contributed by atoms with E-state index in [1.54, 1.807) is 0 Å². The van der Waals surface area contributed by atoms with E-state index >= 15 is 0 Å². The first-order valence-corrected chi connectivity index (χ1v) is 4.74. The normalized spacial score (nSPS) is 9.55. The van der Waals surface area contributed by atoms with Crippen molar-refractivity contribution in [3.63, 3.8) is 0 Å². The largest absolute Gasteiger partial charge is 1.00 e. The Kier molecular flexibility index (Phi) is 27.6. The molecule has 0 aromatic heterocycles. The zero-order valence-corrected chi connectivity index (χ0v) is 20.4. The van der Waals surface area contributed by atoms with E-state index in [2.05, 4.69) is 4.52 Å². The average Bonchev–Trinajstić information content (AvgIpc) is 1.98. The van der Waals surface area contributed by atoms with Crippen molar-refractivity contribution in [3.8, 4) is 0 Å². The molecule has 0 heterocycles. The summed E-state index contributed by atoms with van der Waals surface area (Å²) in [6.07, 6.45) is -2.99. The number of carbonyl (C=O) groups excluding carboxylic acids is 3. The maximum atomic E-state index is 10.5. The molecule has 0 aromatic carbocycles.